The van der Waals surface area contributed by atoms with Crippen LogP contribution >= 0.6 is 0 Å². The Morgan fingerprint density at radius 2 is 2.03 bits per heavy atom. The summed E-state index contributed by atoms with van der Waals surface area (Å²) >= 11 is 0. The highest BCUT2D eigenvalue weighted by atomic mass is 19.1. The highest BCUT2D eigenvalue weighted by molar-refractivity contribution is 5.93. The molecule has 8 nitrogen and oxygen atoms in total. The third kappa shape index (κ3) is 3.59. The van der Waals surface area contributed by atoms with Crippen molar-refractivity contribution in [2.75, 3.05) is 25.9 Å². The van der Waals surface area contributed by atoms with Crippen LogP contribution in [0.4, 0.5) is 10.3 Å². The Kier molecular flexibility index (Phi) is 5.08. The first-order valence-corrected chi connectivity index (χ1v) is 10.5. The smallest absolute Gasteiger partial charge is 0.272 e. The van der Waals surface area contributed by atoms with Crippen molar-refractivity contribution < 1.29 is 13.9 Å². The molecule has 1 amide bonds. The molecule has 5 rings (SSSR count). The lowest BCUT2D eigenvalue weighted by atomic mass is 9.92. The third-order valence-corrected chi connectivity index (χ3v) is 6.05. The highest BCUT2D eigenvalue weighted by Crippen LogP contribution is 2.26. The van der Waals surface area contributed by atoms with Gasteiger partial charge in [0.25, 0.3) is 5.91 Å². The molecule has 0 bridgehead atoms. The van der Waals surface area contributed by atoms with Gasteiger partial charge in [0, 0.05) is 24.7 Å². The third-order valence-electron chi connectivity index (χ3n) is 6.05. The van der Waals surface area contributed by atoms with Gasteiger partial charge < -0.3 is 15.4 Å². The van der Waals surface area contributed by atoms with Crippen LogP contribution in [0.2, 0.25) is 0 Å². The van der Waals surface area contributed by atoms with Crippen LogP contribution in [0.3, 0.4) is 0 Å². The summed E-state index contributed by atoms with van der Waals surface area (Å²) in [7, 11) is 1.57. The topological polar surface area (TPSA) is 98.6 Å². The first-order valence-electron chi connectivity index (χ1n) is 10.5. The number of pyridine rings is 1. The molecule has 0 aliphatic carbocycles. The number of fused-ring (bicyclic) bond motifs is 3. The number of aromatic nitrogens is 4. The maximum atomic E-state index is 14.1. The SMILES string of the molecule is COc1ccc(C(=O)N2CCC(Cc3cn4c(N)nc5c(F)cccc5c4n3)CC2)nc1. The summed E-state index contributed by atoms with van der Waals surface area (Å²) in [6, 6.07) is 8.25. The first kappa shape index (κ1) is 20.2. The molecule has 1 aliphatic heterocycles. The van der Waals surface area contributed by atoms with Crippen LogP contribution < -0.4 is 10.5 Å². The molecule has 0 spiro atoms. The molecule has 164 valence electrons. The molecule has 0 radical (unpaired) electrons. The monoisotopic (exact) mass is 434 g/mol. The predicted molar refractivity (Wildman–Crippen MR) is 118 cm³/mol. The number of anilines is 1. The van der Waals surface area contributed by atoms with Gasteiger partial charge in [0.15, 0.2) is 0 Å². The average molecular weight is 434 g/mol. The predicted octanol–water partition coefficient (Wildman–Crippen LogP) is 3.10. The lowest BCUT2D eigenvalue weighted by molar-refractivity contribution is 0.0684. The fraction of sp³-hybridized carbons (Fsp3) is 0.304. The number of nitrogens with zero attached hydrogens (tertiary/aromatic N) is 5. The van der Waals surface area contributed by atoms with Gasteiger partial charge in [-0.05, 0) is 49.4 Å². The largest absolute Gasteiger partial charge is 0.495 e. The summed E-state index contributed by atoms with van der Waals surface area (Å²) in [6.45, 7) is 1.34. The molecule has 4 heterocycles. The molecule has 0 saturated carbocycles. The fourth-order valence-electron chi connectivity index (χ4n) is 4.30. The van der Waals surface area contributed by atoms with Crippen molar-refractivity contribution in [2.24, 2.45) is 5.92 Å². The van der Waals surface area contributed by atoms with Crippen molar-refractivity contribution in [3.05, 3.63) is 59.9 Å². The minimum Gasteiger partial charge on any atom is -0.495 e. The molecular weight excluding hydrogens is 411 g/mol. The summed E-state index contributed by atoms with van der Waals surface area (Å²) in [5.41, 5.74) is 8.20. The molecule has 4 aromatic rings. The summed E-state index contributed by atoms with van der Waals surface area (Å²) in [5.74, 6) is 0.753. The second-order valence-electron chi connectivity index (χ2n) is 8.05. The quantitative estimate of drug-likeness (QED) is 0.530. The number of likely N-dealkylation sites (tertiary alicyclic amines) is 1. The number of halogens is 1. The van der Waals surface area contributed by atoms with E-state index in [1.807, 2.05) is 11.1 Å². The Morgan fingerprint density at radius 3 is 2.75 bits per heavy atom. The number of hydrogen-bond donors (Lipinski definition) is 1. The fourth-order valence-corrected chi connectivity index (χ4v) is 4.30. The van der Waals surface area contributed by atoms with Crippen molar-refractivity contribution >= 4 is 28.4 Å². The van der Waals surface area contributed by atoms with Gasteiger partial charge in [0.05, 0.1) is 19.0 Å². The van der Waals surface area contributed by atoms with Crippen LogP contribution in [0.1, 0.15) is 29.0 Å². The molecule has 32 heavy (non-hydrogen) atoms. The average Bonchev–Trinajstić information content (AvgIpc) is 3.25. The number of benzene rings is 1. The number of piperidine rings is 1. The molecule has 0 unspecified atom stereocenters. The van der Waals surface area contributed by atoms with Gasteiger partial charge in [-0.2, -0.15) is 0 Å². The minimum atomic E-state index is -0.412. The van der Waals surface area contributed by atoms with Gasteiger partial charge in [0.1, 0.15) is 28.4 Å². The zero-order chi connectivity index (χ0) is 22.2. The van der Waals surface area contributed by atoms with Crippen molar-refractivity contribution in [3.8, 4) is 5.75 Å². The number of para-hydroxylation sites is 1. The van der Waals surface area contributed by atoms with Crippen LogP contribution in [0.15, 0.2) is 42.7 Å². The van der Waals surface area contributed by atoms with E-state index in [0.29, 0.717) is 41.5 Å². The van der Waals surface area contributed by atoms with Crippen LogP contribution in [0.25, 0.3) is 16.6 Å². The Morgan fingerprint density at radius 1 is 1.22 bits per heavy atom. The number of ether oxygens (including phenoxy) is 1. The van der Waals surface area contributed by atoms with Gasteiger partial charge >= 0.3 is 0 Å². The summed E-state index contributed by atoms with van der Waals surface area (Å²) in [5, 5.41) is 0.637. The molecule has 2 N–H and O–H groups in total. The number of carbonyl (C=O) groups is 1. The zero-order valence-electron chi connectivity index (χ0n) is 17.7. The van der Waals surface area contributed by atoms with E-state index >= 15 is 0 Å². The molecule has 1 aromatic carbocycles. The minimum absolute atomic E-state index is 0.0637. The lowest BCUT2D eigenvalue weighted by Crippen LogP contribution is -2.39. The number of nitrogens with two attached hydrogens (primary N) is 1. The Hall–Kier alpha value is -3.75. The van der Waals surface area contributed by atoms with E-state index in [1.165, 1.54) is 6.07 Å². The maximum Gasteiger partial charge on any atom is 0.272 e. The van der Waals surface area contributed by atoms with E-state index in [2.05, 4.69) is 9.97 Å². The van der Waals surface area contributed by atoms with E-state index in [-0.39, 0.29) is 17.4 Å². The second kappa shape index (κ2) is 8.07. The summed E-state index contributed by atoms with van der Waals surface area (Å²) in [4.78, 5) is 27.7. The molecule has 9 heteroatoms. The number of hydrogen-bond acceptors (Lipinski definition) is 6. The number of carbonyl (C=O) groups excluding carboxylic acids is 1. The van der Waals surface area contributed by atoms with Crippen LogP contribution in [-0.4, -0.2) is 50.4 Å². The second-order valence-corrected chi connectivity index (χ2v) is 8.05. The molecule has 1 saturated heterocycles. The van der Waals surface area contributed by atoms with Gasteiger partial charge in [-0.1, -0.05) is 6.07 Å². The Balaban J connectivity index is 1.29. The van der Waals surface area contributed by atoms with Crippen molar-refractivity contribution in [1.29, 1.82) is 0 Å². The standard InChI is InChI=1S/C23H23FN6O2/c1-32-16-5-6-19(26-12-16)22(31)29-9-7-14(8-10-29)11-15-13-30-21(27-15)17-3-2-4-18(24)20(17)28-23(30)25/h2-6,12-14H,7-11H2,1H3,(H2,25,28). The normalized spacial score (nSPS) is 14.9. The van der Waals surface area contributed by atoms with Crippen LogP contribution in [0, 0.1) is 11.7 Å². The Labute approximate surface area is 183 Å². The van der Waals surface area contributed by atoms with Crippen molar-refractivity contribution in [1.82, 2.24) is 24.3 Å². The van der Waals surface area contributed by atoms with E-state index in [4.69, 9.17) is 15.5 Å². The molecular formula is C23H23FN6O2. The Bertz CT molecular complexity index is 1300. The summed E-state index contributed by atoms with van der Waals surface area (Å²) in [6.07, 6.45) is 5.94. The number of amides is 1. The van der Waals surface area contributed by atoms with Crippen LogP contribution in [-0.2, 0) is 6.42 Å². The first-order chi connectivity index (χ1) is 15.5. The summed E-state index contributed by atoms with van der Waals surface area (Å²) < 4.78 is 20.9. The highest BCUT2D eigenvalue weighted by Gasteiger charge is 2.25. The number of methoxy groups -OCH3 is 1. The van der Waals surface area contributed by atoms with E-state index in [1.54, 1.807) is 42.0 Å². The van der Waals surface area contributed by atoms with Crippen LogP contribution in [0.5, 0.6) is 5.75 Å². The maximum absolute atomic E-state index is 14.1. The van der Waals surface area contributed by atoms with E-state index < -0.39 is 5.82 Å². The number of rotatable bonds is 4. The van der Waals surface area contributed by atoms with Gasteiger partial charge in [0.2, 0.25) is 5.95 Å². The van der Waals surface area contributed by atoms with Gasteiger partial charge in [-0.3, -0.25) is 9.20 Å². The van der Waals surface area contributed by atoms with Gasteiger partial charge in [-0.25, -0.2) is 19.3 Å². The number of imidazole rings is 1. The van der Waals surface area contributed by atoms with Crippen molar-refractivity contribution in [2.45, 2.75) is 19.3 Å². The van der Waals surface area contributed by atoms with Gasteiger partial charge in [-0.15, -0.1) is 0 Å². The lowest BCUT2D eigenvalue weighted by Gasteiger charge is -2.31. The molecule has 1 fully saturated rings. The zero-order valence-corrected chi connectivity index (χ0v) is 17.7. The number of nitrogen functional groups attached to an aromatic ring is 1. The van der Waals surface area contributed by atoms with E-state index in [9.17, 15) is 9.18 Å². The molecule has 0 atom stereocenters. The van der Waals surface area contributed by atoms with Crippen molar-refractivity contribution in [3.63, 3.8) is 0 Å². The van der Waals surface area contributed by atoms with E-state index in [0.717, 1.165) is 25.0 Å². The molecule has 1 aliphatic rings. The molecule has 3 aromatic heterocycles.